The molecule has 2 aromatic rings. The van der Waals surface area contributed by atoms with E-state index in [0.29, 0.717) is 5.19 Å². The Morgan fingerprint density at radius 3 is 2.62 bits per heavy atom. The van der Waals surface area contributed by atoms with E-state index in [1.165, 1.54) is 11.3 Å². The second kappa shape index (κ2) is 4.99. The highest BCUT2D eigenvalue weighted by Crippen LogP contribution is 2.26. The van der Waals surface area contributed by atoms with Crippen LogP contribution in [0.2, 0.25) is 0 Å². The zero-order chi connectivity index (χ0) is 11.4. The molecule has 84 valence electrons. The zero-order valence-electron chi connectivity index (χ0n) is 9.36. The van der Waals surface area contributed by atoms with Crippen LogP contribution in [0.25, 0.3) is 0 Å². The molecule has 1 aromatic heterocycles. The van der Waals surface area contributed by atoms with E-state index in [4.69, 9.17) is 4.74 Å². The van der Waals surface area contributed by atoms with Gasteiger partial charge in [-0.15, -0.1) is 0 Å². The van der Waals surface area contributed by atoms with Crippen LogP contribution in [0.5, 0.6) is 10.9 Å². The lowest BCUT2D eigenvalue weighted by Crippen LogP contribution is -1.88. The zero-order valence-corrected chi connectivity index (χ0v) is 10.2. The molecule has 0 unspecified atom stereocenters. The molecular weight excluding hydrogens is 220 g/mol. The Bertz CT molecular complexity index is 450. The Labute approximate surface area is 99.1 Å². The number of ether oxygens (including phenoxy) is 1. The fourth-order valence-electron chi connectivity index (χ4n) is 1.29. The number of thiazole rings is 1. The molecule has 16 heavy (non-hydrogen) atoms. The number of aromatic nitrogens is 1. The number of hydrogen-bond donors (Lipinski definition) is 1. The number of benzene rings is 1. The van der Waals surface area contributed by atoms with Crippen LogP contribution in [-0.2, 0) is 6.42 Å². The van der Waals surface area contributed by atoms with E-state index in [-0.39, 0.29) is 0 Å². The summed E-state index contributed by atoms with van der Waals surface area (Å²) in [6.45, 7) is 2.08. The first-order valence-corrected chi connectivity index (χ1v) is 6.10. The first-order valence-electron chi connectivity index (χ1n) is 5.22. The maximum atomic E-state index is 5.64. The van der Waals surface area contributed by atoms with Gasteiger partial charge in [0.1, 0.15) is 5.75 Å². The van der Waals surface area contributed by atoms with Gasteiger partial charge in [-0.3, -0.25) is 0 Å². The molecule has 0 radical (unpaired) electrons. The number of anilines is 1. The van der Waals surface area contributed by atoms with Crippen LogP contribution < -0.4 is 10.1 Å². The van der Waals surface area contributed by atoms with Crippen LogP contribution in [0.15, 0.2) is 29.6 Å². The van der Waals surface area contributed by atoms with Gasteiger partial charge in [0.15, 0.2) is 0 Å². The molecule has 0 aliphatic carbocycles. The molecule has 3 nitrogen and oxygen atoms in total. The predicted molar refractivity (Wildman–Crippen MR) is 67.6 cm³/mol. The van der Waals surface area contributed by atoms with Gasteiger partial charge in [0.2, 0.25) is 0 Å². The van der Waals surface area contributed by atoms with Gasteiger partial charge in [-0.25, -0.2) is 4.98 Å². The van der Waals surface area contributed by atoms with Gasteiger partial charge >= 0.3 is 0 Å². The lowest BCUT2D eigenvalue weighted by atomic mass is 10.3. The van der Waals surface area contributed by atoms with Crippen molar-refractivity contribution in [3.63, 3.8) is 0 Å². The van der Waals surface area contributed by atoms with E-state index < -0.39 is 0 Å². The van der Waals surface area contributed by atoms with Crippen molar-refractivity contribution >= 4 is 17.0 Å². The molecule has 0 spiro atoms. The molecule has 0 aliphatic heterocycles. The van der Waals surface area contributed by atoms with Crippen molar-refractivity contribution in [1.82, 2.24) is 4.98 Å². The van der Waals surface area contributed by atoms with Crippen molar-refractivity contribution in [2.24, 2.45) is 0 Å². The molecule has 1 heterocycles. The average molecular weight is 234 g/mol. The highest BCUT2D eigenvalue weighted by atomic mass is 32.1. The highest BCUT2D eigenvalue weighted by Gasteiger charge is 2.02. The fourth-order valence-corrected chi connectivity index (χ4v) is 2.06. The van der Waals surface area contributed by atoms with Crippen LogP contribution in [0.1, 0.15) is 12.6 Å². The maximum Gasteiger partial charge on any atom is 0.278 e. The lowest BCUT2D eigenvalue weighted by Gasteiger charge is -2.03. The largest absolute Gasteiger partial charge is 0.431 e. The summed E-state index contributed by atoms with van der Waals surface area (Å²) in [6, 6.07) is 7.81. The smallest absolute Gasteiger partial charge is 0.278 e. The summed E-state index contributed by atoms with van der Waals surface area (Å²) in [5.41, 5.74) is 2.15. The van der Waals surface area contributed by atoms with Gasteiger partial charge in [0.05, 0.1) is 5.69 Å². The van der Waals surface area contributed by atoms with E-state index in [9.17, 15) is 0 Å². The third kappa shape index (κ3) is 2.52. The number of hydrogen-bond acceptors (Lipinski definition) is 4. The third-order valence-corrected chi connectivity index (χ3v) is 3.01. The van der Waals surface area contributed by atoms with Crippen LogP contribution in [0, 0.1) is 0 Å². The van der Waals surface area contributed by atoms with E-state index in [1.807, 2.05) is 36.7 Å². The Kier molecular flexibility index (Phi) is 3.41. The molecule has 0 saturated carbocycles. The molecule has 0 atom stereocenters. The number of aryl methyl sites for hydroxylation is 1. The summed E-state index contributed by atoms with van der Waals surface area (Å²) < 4.78 is 5.64. The molecule has 4 heteroatoms. The molecule has 0 aliphatic rings. The molecule has 1 aromatic carbocycles. The topological polar surface area (TPSA) is 34.1 Å². The molecule has 0 saturated heterocycles. The average Bonchev–Trinajstić information content (AvgIpc) is 2.78. The summed E-state index contributed by atoms with van der Waals surface area (Å²) in [5.74, 6) is 0.816. The van der Waals surface area contributed by atoms with E-state index in [2.05, 4.69) is 17.2 Å². The summed E-state index contributed by atoms with van der Waals surface area (Å²) in [5, 5.41) is 5.79. The van der Waals surface area contributed by atoms with Crippen LogP contribution >= 0.6 is 11.3 Å². The minimum Gasteiger partial charge on any atom is -0.431 e. The SMILES string of the molecule is CCc1csc(Oc2ccc(NC)cc2)n1. The number of nitrogens with zero attached hydrogens (tertiary/aromatic N) is 1. The minimum atomic E-state index is 0.703. The monoisotopic (exact) mass is 234 g/mol. The normalized spacial score (nSPS) is 10.1. The van der Waals surface area contributed by atoms with Gasteiger partial charge in [0, 0.05) is 18.1 Å². The number of rotatable bonds is 4. The predicted octanol–water partition coefficient (Wildman–Crippen LogP) is 3.54. The molecule has 0 bridgehead atoms. The van der Waals surface area contributed by atoms with Gasteiger partial charge in [-0.05, 0) is 30.7 Å². The summed E-state index contributed by atoms with van der Waals surface area (Å²) in [7, 11) is 1.89. The van der Waals surface area contributed by atoms with Crippen LogP contribution in [0.4, 0.5) is 5.69 Å². The molecular formula is C12H14N2OS. The van der Waals surface area contributed by atoms with Crippen molar-refractivity contribution in [2.75, 3.05) is 12.4 Å². The van der Waals surface area contributed by atoms with E-state index in [0.717, 1.165) is 23.6 Å². The standard InChI is InChI=1S/C12H14N2OS/c1-3-9-8-16-12(14-9)15-11-6-4-10(13-2)5-7-11/h4-8,13H,3H2,1-2H3. The maximum absolute atomic E-state index is 5.64. The first-order chi connectivity index (χ1) is 7.81. The molecule has 1 N–H and O–H groups in total. The lowest BCUT2D eigenvalue weighted by molar-refractivity contribution is 0.477. The summed E-state index contributed by atoms with van der Waals surface area (Å²) >= 11 is 1.53. The fraction of sp³-hybridized carbons (Fsp3) is 0.250. The van der Waals surface area contributed by atoms with Crippen molar-refractivity contribution in [3.05, 3.63) is 35.3 Å². The van der Waals surface area contributed by atoms with Gasteiger partial charge in [-0.2, -0.15) is 0 Å². The number of nitrogens with one attached hydrogen (secondary N) is 1. The minimum absolute atomic E-state index is 0.703. The molecule has 0 fully saturated rings. The van der Waals surface area contributed by atoms with Crippen molar-refractivity contribution < 1.29 is 4.74 Å². The Balaban J connectivity index is 2.08. The summed E-state index contributed by atoms with van der Waals surface area (Å²) in [4.78, 5) is 4.35. The van der Waals surface area contributed by atoms with Gasteiger partial charge in [-0.1, -0.05) is 18.3 Å². The second-order valence-electron chi connectivity index (χ2n) is 3.33. The summed E-state index contributed by atoms with van der Waals surface area (Å²) in [6.07, 6.45) is 0.943. The van der Waals surface area contributed by atoms with Crippen LogP contribution in [0.3, 0.4) is 0 Å². The third-order valence-electron chi connectivity index (χ3n) is 2.24. The molecule has 2 rings (SSSR count). The van der Waals surface area contributed by atoms with E-state index >= 15 is 0 Å². The van der Waals surface area contributed by atoms with E-state index in [1.54, 1.807) is 0 Å². The van der Waals surface area contributed by atoms with Crippen LogP contribution in [-0.4, -0.2) is 12.0 Å². The first kappa shape index (κ1) is 11.0. The second-order valence-corrected chi connectivity index (χ2v) is 4.16. The Morgan fingerprint density at radius 2 is 2.06 bits per heavy atom. The quantitative estimate of drug-likeness (QED) is 0.878. The Hall–Kier alpha value is -1.55. The highest BCUT2D eigenvalue weighted by molar-refractivity contribution is 7.11. The van der Waals surface area contributed by atoms with Gasteiger partial charge < -0.3 is 10.1 Å². The van der Waals surface area contributed by atoms with Crippen molar-refractivity contribution in [3.8, 4) is 10.9 Å². The van der Waals surface area contributed by atoms with Gasteiger partial charge in [0.25, 0.3) is 5.19 Å². The Morgan fingerprint density at radius 1 is 1.31 bits per heavy atom. The van der Waals surface area contributed by atoms with Crippen molar-refractivity contribution in [2.45, 2.75) is 13.3 Å². The van der Waals surface area contributed by atoms with Crippen molar-refractivity contribution in [1.29, 1.82) is 0 Å². The molecule has 0 amide bonds.